The Kier molecular flexibility index (Phi) is 18.6. The molecule has 4 atom stereocenters. The number of fused-ring (bicyclic) bond motifs is 16. The Morgan fingerprint density at radius 3 is 1.00 bits per heavy atom. The fourth-order valence-electron chi connectivity index (χ4n) is 16.1. The van der Waals surface area contributed by atoms with Crippen molar-refractivity contribution in [3.05, 3.63) is 138 Å². The highest BCUT2D eigenvalue weighted by atomic mass is 14.8. The first-order valence-electron chi connectivity index (χ1n) is 33.4. The number of aromatic amines is 4. The summed E-state index contributed by atoms with van der Waals surface area (Å²) < 4.78 is 0. The van der Waals surface area contributed by atoms with Gasteiger partial charge in [-0.05, 0) is 206 Å². The van der Waals surface area contributed by atoms with Gasteiger partial charge in [-0.15, -0.1) is 0 Å². The molecular formula is C76H98N8. The highest BCUT2D eigenvalue weighted by Gasteiger charge is 2.35. The third-order valence-electron chi connectivity index (χ3n) is 20.0. The number of aryl methyl sites for hydroxylation is 8. The predicted molar refractivity (Wildman–Crippen MR) is 359 cm³/mol. The normalized spacial score (nSPS) is 17.0. The van der Waals surface area contributed by atoms with Crippen LogP contribution < -0.4 is 0 Å². The number of hydrogen-bond acceptors (Lipinski definition) is 4. The monoisotopic (exact) mass is 1120 g/mol. The molecule has 0 aromatic carbocycles. The summed E-state index contributed by atoms with van der Waals surface area (Å²) in [4.78, 5) is 39.2. The molecule has 4 N–H and O–H groups in total. The molecule has 0 saturated carbocycles. The molecule has 4 aliphatic heterocycles. The minimum absolute atomic E-state index is 0.239. The van der Waals surface area contributed by atoms with E-state index in [1.54, 1.807) is 0 Å². The van der Waals surface area contributed by atoms with Gasteiger partial charge in [-0.2, -0.15) is 0 Å². The second kappa shape index (κ2) is 25.9. The largest absolute Gasteiger partial charge is 0.355 e. The van der Waals surface area contributed by atoms with Crippen LogP contribution in [-0.2, 0) is 64.2 Å². The summed E-state index contributed by atoms with van der Waals surface area (Å²) in [5.41, 5.74) is 37.4. The zero-order chi connectivity index (χ0) is 59.7. The lowest BCUT2D eigenvalue weighted by molar-refractivity contribution is 0.530. The van der Waals surface area contributed by atoms with Crippen molar-refractivity contribution in [1.29, 1.82) is 0 Å². The molecule has 0 aliphatic carbocycles. The summed E-state index contributed by atoms with van der Waals surface area (Å²) in [7, 11) is 0. The average molecular weight is 1120 g/mol. The van der Waals surface area contributed by atoms with Gasteiger partial charge in [0.25, 0.3) is 0 Å². The topological polar surface area (TPSA) is 115 Å². The van der Waals surface area contributed by atoms with Gasteiger partial charge in [0, 0.05) is 103 Å². The van der Waals surface area contributed by atoms with Gasteiger partial charge < -0.3 is 19.9 Å². The Labute approximate surface area is 503 Å². The molecule has 10 heterocycles. The molecule has 6 aromatic rings. The van der Waals surface area contributed by atoms with E-state index in [2.05, 4.69) is 179 Å². The van der Waals surface area contributed by atoms with Gasteiger partial charge in [-0.1, -0.05) is 123 Å². The van der Waals surface area contributed by atoms with E-state index in [0.29, 0.717) is 12.8 Å². The Morgan fingerprint density at radius 1 is 0.298 bits per heavy atom. The van der Waals surface area contributed by atoms with Crippen LogP contribution in [0.15, 0.2) is 36.4 Å². The summed E-state index contributed by atoms with van der Waals surface area (Å²) >= 11 is 0. The van der Waals surface area contributed by atoms with E-state index < -0.39 is 0 Å². The van der Waals surface area contributed by atoms with E-state index in [4.69, 9.17) is 19.9 Å². The summed E-state index contributed by atoms with van der Waals surface area (Å²) in [6.45, 7) is 37.1. The van der Waals surface area contributed by atoms with Crippen LogP contribution in [0.4, 0.5) is 0 Å². The Morgan fingerprint density at radius 2 is 0.619 bits per heavy atom. The van der Waals surface area contributed by atoms with Crippen LogP contribution in [-0.4, -0.2) is 39.9 Å². The SMILES string of the molecule is CCC1=C(CC)c2cc3[nH]c(c(CC#CCc4c5nc(cc6[nH]c(cc7[nH]c(cc8nc4[C@H](CC)[C@H]8CC)c(CC)c7CC)c(CC)c6CC)C(CC)=C5CC)c4nc(cc5[nH]c(cc1n2)c(CC)c5CC)[C@H](CC)[C@H]4CC)c(CC)c3CC. The fourth-order valence-corrected chi connectivity index (χ4v) is 16.1. The molecule has 442 valence electrons. The first kappa shape index (κ1) is 60.4. The first-order chi connectivity index (χ1) is 40.9. The van der Waals surface area contributed by atoms with Crippen molar-refractivity contribution < 1.29 is 0 Å². The smallest absolute Gasteiger partial charge is 0.0732 e. The highest BCUT2D eigenvalue weighted by molar-refractivity contribution is 5.95. The van der Waals surface area contributed by atoms with Gasteiger partial charge >= 0.3 is 0 Å². The van der Waals surface area contributed by atoms with Gasteiger partial charge in [-0.3, -0.25) is 9.97 Å². The maximum Gasteiger partial charge on any atom is 0.0732 e. The zero-order valence-corrected chi connectivity index (χ0v) is 54.3. The quantitative estimate of drug-likeness (QED) is 0.0642. The molecule has 84 heavy (non-hydrogen) atoms. The Bertz CT molecular complexity index is 3980. The Balaban J connectivity index is 1.28. The first-order valence-corrected chi connectivity index (χ1v) is 33.4. The zero-order valence-electron chi connectivity index (χ0n) is 54.3. The van der Waals surface area contributed by atoms with Crippen molar-refractivity contribution in [2.45, 2.75) is 250 Å². The molecule has 16 bridgehead atoms. The van der Waals surface area contributed by atoms with E-state index in [1.165, 1.54) is 139 Å². The number of nitrogens with zero attached hydrogens (tertiary/aromatic N) is 4. The van der Waals surface area contributed by atoms with Crippen LogP contribution >= 0.6 is 0 Å². The predicted octanol–water partition coefficient (Wildman–Crippen LogP) is 20.1. The van der Waals surface area contributed by atoms with E-state index >= 15 is 0 Å². The standard InChI is InChI=1S/C76H98N8/c1-17-43-47(21-5)65-39-69-51(25-9)55(29-13)73(81-69)59(74-56(30-14)52(26-10)70(82-74)40-66-48(22-6)44(18-2)62(78-66)37-61(43)77-65)35-33-34-36-60-75-57(31-15)53(27-11)71(83-75)41-67-49(23-7)45(19-3)63(79-67)38-64-46(20-4)50(24-8)68(80-64)42-72-54(28-12)58(32-16)76(60)84-72/h37-42,51,53,55,57,77-79,84H,17-32,35-36H2,1-16H3/t51-,53-,55-,57-/m1/s1. The lowest BCUT2D eigenvalue weighted by atomic mass is 9.83. The summed E-state index contributed by atoms with van der Waals surface area (Å²) in [5, 5.41) is 0. The number of aromatic nitrogens is 8. The van der Waals surface area contributed by atoms with Crippen molar-refractivity contribution >= 4 is 66.4 Å². The molecule has 0 amide bonds. The summed E-state index contributed by atoms with van der Waals surface area (Å²) in [6.07, 6.45) is 16.3. The minimum Gasteiger partial charge on any atom is -0.355 e. The second-order valence-electron chi connectivity index (χ2n) is 23.9. The molecular weight excluding hydrogens is 1020 g/mol. The van der Waals surface area contributed by atoms with Crippen molar-refractivity contribution in [3.63, 3.8) is 0 Å². The van der Waals surface area contributed by atoms with Crippen molar-refractivity contribution in [1.82, 2.24) is 39.9 Å². The number of H-pyrrole nitrogens is 4. The van der Waals surface area contributed by atoms with Crippen LogP contribution in [0.25, 0.3) is 66.4 Å². The van der Waals surface area contributed by atoms with E-state index in [0.717, 1.165) is 131 Å². The van der Waals surface area contributed by atoms with E-state index in [-0.39, 0.29) is 23.7 Å². The van der Waals surface area contributed by atoms with Gasteiger partial charge in [0.2, 0.25) is 0 Å². The fraction of sp³-hybridized carbons (Fsp3) is 0.500. The Hall–Kier alpha value is -6.72. The van der Waals surface area contributed by atoms with Crippen LogP contribution in [0.1, 0.15) is 287 Å². The van der Waals surface area contributed by atoms with Crippen LogP contribution in [0.2, 0.25) is 0 Å². The van der Waals surface area contributed by atoms with E-state index in [9.17, 15) is 0 Å². The summed E-state index contributed by atoms with van der Waals surface area (Å²) in [5.74, 6) is 8.94. The molecule has 4 aliphatic rings. The lowest BCUT2D eigenvalue weighted by Crippen LogP contribution is -2.07. The van der Waals surface area contributed by atoms with Crippen molar-refractivity contribution in [3.8, 4) is 11.8 Å². The molecule has 0 saturated heterocycles. The molecule has 0 unspecified atom stereocenters. The highest BCUT2D eigenvalue weighted by Crippen LogP contribution is 2.47. The molecule has 10 rings (SSSR count). The minimum atomic E-state index is 0.239. The third-order valence-corrected chi connectivity index (χ3v) is 20.0. The van der Waals surface area contributed by atoms with Gasteiger partial charge in [0.15, 0.2) is 0 Å². The maximum atomic E-state index is 5.88. The number of hydrogen-bond donors (Lipinski definition) is 4. The van der Waals surface area contributed by atoms with Crippen LogP contribution in [0.3, 0.4) is 0 Å². The van der Waals surface area contributed by atoms with Crippen molar-refractivity contribution in [2.75, 3.05) is 0 Å². The van der Waals surface area contributed by atoms with Gasteiger partial charge in [0.1, 0.15) is 0 Å². The molecule has 0 radical (unpaired) electrons. The second-order valence-corrected chi connectivity index (χ2v) is 23.9. The number of rotatable bonds is 18. The lowest BCUT2D eigenvalue weighted by Gasteiger charge is -2.19. The molecule has 0 spiro atoms. The third kappa shape index (κ3) is 10.4. The maximum absolute atomic E-state index is 5.88. The number of allylic oxidation sites excluding steroid dienone is 4. The molecule has 6 aromatic heterocycles. The summed E-state index contributed by atoms with van der Waals surface area (Å²) in [6, 6.07) is 14.3. The van der Waals surface area contributed by atoms with E-state index in [1.807, 2.05) is 0 Å². The van der Waals surface area contributed by atoms with Crippen LogP contribution in [0, 0.1) is 11.8 Å². The van der Waals surface area contributed by atoms with Crippen LogP contribution in [0.5, 0.6) is 0 Å². The van der Waals surface area contributed by atoms with Crippen molar-refractivity contribution in [2.24, 2.45) is 0 Å². The average Bonchev–Trinajstić information content (AvgIpc) is 4.59. The molecule has 8 nitrogen and oxygen atoms in total. The van der Waals surface area contributed by atoms with Gasteiger partial charge in [0.05, 0.1) is 34.2 Å². The molecule has 0 fully saturated rings. The van der Waals surface area contributed by atoms with Gasteiger partial charge in [-0.25, -0.2) is 9.97 Å². The number of nitrogens with one attached hydrogen (secondary N) is 4. The molecule has 8 heteroatoms.